The molecule has 0 fully saturated rings. The zero-order valence-corrected chi connectivity index (χ0v) is 20.3. The van der Waals surface area contributed by atoms with Crippen LogP contribution in [-0.4, -0.2) is 69.5 Å². The van der Waals surface area contributed by atoms with E-state index >= 15 is 0 Å². The Morgan fingerprint density at radius 2 is 1.59 bits per heavy atom. The van der Waals surface area contributed by atoms with Crippen LogP contribution in [0, 0.1) is 11.8 Å². The topological polar surface area (TPSA) is 205 Å². The quantitative estimate of drug-likeness (QED) is 0.158. The van der Waals surface area contributed by atoms with Crippen molar-refractivity contribution in [3.63, 3.8) is 0 Å². The monoisotopic (exact) mass is 481 g/mol. The minimum Gasteiger partial charge on any atom is -0.480 e. The molecule has 4 atom stereocenters. The third-order valence-electron chi connectivity index (χ3n) is 5.39. The van der Waals surface area contributed by atoms with Gasteiger partial charge in [0, 0.05) is 18.3 Å². The van der Waals surface area contributed by atoms with E-state index in [0.717, 1.165) is 0 Å². The number of carboxylic acids is 1. The largest absolute Gasteiger partial charge is 0.480 e. The van der Waals surface area contributed by atoms with Crippen LogP contribution in [0.4, 0.5) is 0 Å². The number of H-pyrrole nitrogens is 1. The van der Waals surface area contributed by atoms with Crippen molar-refractivity contribution in [3.8, 4) is 0 Å². The summed E-state index contributed by atoms with van der Waals surface area (Å²) in [5.74, 6) is -3.50. The van der Waals surface area contributed by atoms with E-state index in [9.17, 15) is 24.3 Å². The second kappa shape index (κ2) is 14.3. The first-order valence-corrected chi connectivity index (χ1v) is 11.5. The molecule has 12 nitrogen and oxygen atoms in total. The van der Waals surface area contributed by atoms with Gasteiger partial charge < -0.3 is 37.5 Å². The maximum atomic E-state index is 13.1. The molecular formula is C22H39N7O5. The highest BCUT2D eigenvalue weighted by Crippen LogP contribution is 2.09. The molecule has 0 aliphatic heterocycles. The van der Waals surface area contributed by atoms with Crippen molar-refractivity contribution in [2.24, 2.45) is 23.3 Å². The number of hydrogen-bond donors (Lipinski definition) is 7. The number of hydrogen-bond acceptors (Lipinski definition) is 7. The summed E-state index contributed by atoms with van der Waals surface area (Å²) in [6.45, 7) is 7.26. The Morgan fingerprint density at radius 1 is 0.971 bits per heavy atom. The van der Waals surface area contributed by atoms with Crippen molar-refractivity contribution in [3.05, 3.63) is 18.2 Å². The lowest BCUT2D eigenvalue weighted by Gasteiger charge is -2.28. The van der Waals surface area contributed by atoms with Gasteiger partial charge in [-0.2, -0.15) is 0 Å². The zero-order valence-electron chi connectivity index (χ0n) is 20.3. The molecule has 0 saturated carbocycles. The van der Waals surface area contributed by atoms with Crippen LogP contribution in [0.3, 0.4) is 0 Å². The van der Waals surface area contributed by atoms with Gasteiger partial charge in [0.1, 0.15) is 18.1 Å². The van der Waals surface area contributed by atoms with Crippen molar-refractivity contribution in [1.82, 2.24) is 25.9 Å². The van der Waals surface area contributed by atoms with Gasteiger partial charge in [-0.25, -0.2) is 9.78 Å². The maximum Gasteiger partial charge on any atom is 0.326 e. The smallest absolute Gasteiger partial charge is 0.326 e. The Labute approximate surface area is 200 Å². The van der Waals surface area contributed by atoms with Crippen molar-refractivity contribution in [2.75, 3.05) is 6.54 Å². The molecule has 4 unspecified atom stereocenters. The molecule has 0 bridgehead atoms. The number of nitrogens with two attached hydrogens (primary N) is 2. The molecular weight excluding hydrogens is 442 g/mol. The number of amides is 3. The Balaban J connectivity index is 2.91. The standard InChI is InChI=1S/C22H39N7O5/c1-12(2)17(21(32)29-18(13(3)4)22(33)34)28-20(31)16(7-5-6-8-23)27-19(30)15(24)9-14-10-25-11-26-14/h10-13,15-18H,5-9,23-24H2,1-4H3,(H,25,26)(H,27,30)(H,28,31)(H,29,32)(H,33,34). The molecule has 1 heterocycles. The molecule has 1 rings (SSSR count). The average Bonchev–Trinajstić information content (AvgIpc) is 3.26. The molecule has 34 heavy (non-hydrogen) atoms. The van der Waals surface area contributed by atoms with Crippen LogP contribution in [0.2, 0.25) is 0 Å². The molecule has 0 aliphatic carbocycles. The van der Waals surface area contributed by atoms with E-state index in [1.165, 1.54) is 6.33 Å². The Hall–Kier alpha value is -2.99. The molecule has 0 spiro atoms. The van der Waals surface area contributed by atoms with Gasteiger partial charge in [-0.1, -0.05) is 27.7 Å². The summed E-state index contributed by atoms with van der Waals surface area (Å²) in [5.41, 5.74) is 12.2. The van der Waals surface area contributed by atoms with E-state index in [1.807, 2.05) is 0 Å². The number of carboxylic acid groups (broad SMARTS) is 1. The van der Waals surface area contributed by atoms with Gasteiger partial charge in [0.25, 0.3) is 0 Å². The number of imidazole rings is 1. The molecule has 0 saturated heterocycles. The Bertz CT molecular complexity index is 798. The number of carbonyl (C=O) groups is 4. The first kappa shape index (κ1) is 29.0. The summed E-state index contributed by atoms with van der Waals surface area (Å²) in [7, 11) is 0. The third-order valence-corrected chi connectivity index (χ3v) is 5.39. The SMILES string of the molecule is CC(C)C(NC(=O)C(NC(=O)C(CCCCN)NC(=O)C(N)Cc1cnc[nH]1)C(C)C)C(=O)O. The minimum absolute atomic E-state index is 0.214. The minimum atomic E-state index is -1.16. The van der Waals surface area contributed by atoms with Crippen molar-refractivity contribution in [1.29, 1.82) is 0 Å². The van der Waals surface area contributed by atoms with Gasteiger partial charge in [0.05, 0.1) is 12.4 Å². The molecule has 3 amide bonds. The summed E-state index contributed by atoms with van der Waals surface area (Å²) in [5, 5.41) is 17.2. The number of nitrogens with one attached hydrogen (secondary N) is 4. The molecule has 0 aliphatic rings. The summed E-state index contributed by atoms with van der Waals surface area (Å²) < 4.78 is 0. The fourth-order valence-electron chi connectivity index (χ4n) is 3.31. The van der Waals surface area contributed by atoms with E-state index < -0.39 is 47.9 Å². The lowest BCUT2D eigenvalue weighted by atomic mass is 9.99. The Kier molecular flexibility index (Phi) is 12.2. The van der Waals surface area contributed by atoms with Gasteiger partial charge in [-0.05, 0) is 37.6 Å². The summed E-state index contributed by atoms with van der Waals surface area (Å²) in [4.78, 5) is 56.8. The third kappa shape index (κ3) is 9.48. The second-order valence-electron chi connectivity index (χ2n) is 9.03. The second-order valence-corrected chi connectivity index (χ2v) is 9.03. The molecule has 9 N–H and O–H groups in total. The van der Waals surface area contributed by atoms with Crippen molar-refractivity contribution in [2.45, 2.75) is 77.5 Å². The van der Waals surface area contributed by atoms with Crippen LogP contribution in [-0.2, 0) is 25.6 Å². The number of nitrogens with zero attached hydrogens (tertiary/aromatic N) is 1. The number of unbranched alkanes of at least 4 members (excludes halogenated alkanes) is 1. The summed E-state index contributed by atoms with van der Waals surface area (Å²) in [6.07, 6.45) is 4.80. The van der Waals surface area contributed by atoms with Gasteiger partial charge in [-0.3, -0.25) is 14.4 Å². The van der Waals surface area contributed by atoms with Gasteiger partial charge in [-0.15, -0.1) is 0 Å². The maximum absolute atomic E-state index is 13.1. The number of aromatic amines is 1. The first-order chi connectivity index (χ1) is 16.0. The van der Waals surface area contributed by atoms with Crippen LogP contribution in [0.5, 0.6) is 0 Å². The predicted molar refractivity (Wildman–Crippen MR) is 126 cm³/mol. The van der Waals surface area contributed by atoms with E-state index in [4.69, 9.17) is 11.5 Å². The highest BCUT2D eigenvalue weighted by atomic mass is 16.4. The van der Waals surface area contributed by atoms with Crippen LogP contribution in [0.25, 0.3) is 0 Å². The van der Waals surface area contributed by atoms with Gasteiger partial charge in [0.2, 0.25) is 17.7 Å². The van der Waals surface area contributed by atoms with Crippen molar-refractivity contribution < 1.29 is 24.3 Å². The molecule has 12 heteroatoms. The normalized spacial score (nSPS) is 14.8. The van der Waals surface area contributed by atoms with E-state index in [0.29, 0.717) is 31.5 Å². The van der Waals surface area contributed by atoms with Gasteiger partial charge in [0.15, 0.2) is 0 Å². The van der Waals surface area contributed by atoms with Crippen LogP contribution >= 0.6 is 0 Å². The molecule has 1 aromatic heterocycles. The average molecular weight is 482 g/mol. The molecule has 192 valence electrons. The van der Waals surface area contributed by atoms with Crippen molar-refractivity contribution >= 4 is 23.7 Å². The highest BCUT2D eigenvalue weighted by Gasteiger charge is 2.32. The number of aliphatic carboxylic acids is 1. The van der Waals surface area contributed by atoms with E-state index in [-0.39, 0.29) is 18.3 Å². The highest BCUT2D eigenvalue weighted by molar-refractivity contribution is 5.94. The van der Waals surface area contributed by atoms with Crippen LogP contribution in [0.15, 0.2) is 12.5 Å². The van der Waals surface area contributed by atoms with E-state index in [2.05, 4.69) is 25.9 Å². The van der Waals surface area contributed by atoms with E-state index in [1.54, 1.807) is 33.9 Å². The Morgan fingerprint density at radius 3 is 2.09 bits per heavy atom. The van der Waals surface area contributed by atoms with Crippen LogP contribution < -0.4 is 27.4 Å². The summed E-state index contributed by atoms with van der Waals surface area (Å²) >= 11 is 0. The van der Waals surface area contributed by atoms with Crippen LogP contribution in [0.1, 0.15) is 52.7 Å². The molecule has 0 radical (unpaired) electrons. The number of aromatic nitrogens is 2. The zero-order chi connectivity index (χ0) is 25.8. The number of carbonyl (C=O) groups excluding carboxylic acids is 3. The number of rotatable bonds is 15. The molecule has 0 aromatic carbocycles. The predicted octanol–water partition coefficient (Wildman–Crippen LogP) is -0.740. The lowest BCUT2D eigenvalue weighted by molar-refractivity contribution is -0.143. The molecule has 1 aromatic rings. The lowest BCUT2D eigenvalue weighted by Crippen LogP contribution is -2.59. The fraction of sp³-hybridized carbons (Fsp3) is 0.682. The summed E-state index contributed by atoms with van der Waals surface area (Å²) in [6, 6.07) is -3.91. The fourth-order valence-corrected chi connectivity index (χ4v) is 3.31. The first-order valence-electron chi connectivity index (χ1n) is 11.5. The van der Waals surface area contributed by atoms with Gasteiger partial charge >= 0.3 is 5.97 Å².